The van der Waals surface area contributed by atoms with Crippen molar-refractivity contribution in [3.05, 3.63) is 65.2 Å². The third kappa shape index (κ3) is 2.79. The number of pyridine rings is 1. The molecule has 0 spiro atoms. The van der Waals surface area contributed by atoms with Crippen LogP contribution in [0.3, 0.4) is 0 Å². The summed E-state index contributed by atoms with van der Waals surface area (Å²) in [7, 11) is 0. The Morgan fingerprint density at radius 3 is 2.86 bits per heavy atom. The van der Waals surface area contributed by atoms with E-state index in [9.17, 15) is 4.79 Å². The zero-order valence-corrected chi connectivity index (χ0v) is 12.0. The van der Waals surface area contributed by atoms with E-state index >= 15 is 0 Å². The molecular formula is C17H16N2O2. The largest absolute Gasteiger partial charge is 0.467 e. The molecule has 0 unspecified atom stereocenters. The molecule has 4 heteroatoms. The topological polar surface area (TPSA) is 55.1 Å². The van der Waals surface area contributed by atoms with Crippen LogP contribution in [0.1, 0.15) is 27.4 Å². The molecule has 0 aliphatic rings. The summed E-state index contributed by atoms with van der Waals surface area (Å²) in [5.74, 6) is 0.588. The Labute approximate surface area is 122 Å². The van der Waals surface area contributed by atoms with Gasteiger partial charge in [0.25, 0.3) is 5.91 Å². The number of aromatic nitrogens is 1. The maximum absolute atomic E-state index is 12.3. The minimum absolute atomic E-state index is 0.139. The average molecular weight is 280 g/mol. The van der Waals surface area contributed by atoms with E-state index in [2.05, 4.69) is 10.3 Å². The zero-order valence-electron chi connectivity index (χ0n) is 12.0. The summed E-state index contributed by atoms with van der Waals surface area (Å²) in [6.45, 7) is 4.24. The maximum atomic E-state index is 12.3. The summed E-state index contributed by atoms with van der Waals surface area (Å²) in [5, 5.41) is 3.82. The second-order valence-corrected chi connectivity index (χ2v) is 5.08. The van der Waals surface area contributed by atoms with Gasteiger partial charge < -0.3 is 9.73 Å². The third-order valence-corrected chi connectivity index (χ3v) is 3.41. The van der Waals surface area contributed by atoms with Crippen molar-refractivity contribution >= 4 is 16.8 Å². The number of nitrogens with one attached hydrogen (secondary N) is 1. The number of aryl methyl sites for hydroxylation is 2. The summed E-state index contributed by atoms with van der Waals surface area (Å²) >= 11 is 0. The highest BCUT2D eigenvalue weighted by Crippen LogP contribution is 2.18. The molecule has 0 fully saturated rings. The number of carbonyl (C=O) groups is 1. The molecule has 1 amide bonds. The number of benzene rings is 1. The van der Waals surface area contributed by atoms with Crippen molar-refractivity contribution in [1.82, 2.24) is 10.3 Å². The number of nitrogens with zero attached hydrogens (tertiary/aromatic N) is 1. The second kappa shape index (κ2) is 5.40. The standard InChI is InChI=1S/C17H16N2O2/c1-11-5-6-16-13(8-11)9-15(12(2)19-16)17(20)18-10-14-4-3-7-21-14/h3-9H,10H2,1-2H3,(H,18,20). The lowest BCUT2D eigenvalue weighted by Gasteiger charge is -2.08. The molecule has 4 nitrogen and oxygen atoms in total. The smallest absolute Gasteiger partial charge is 0.253 e. The highest BCUT2D eigenvalue weighted by atomic mass is 16.3. The van der Waals surface area contributed by atoms with Gasteiger partial charge >= 0.3 is 0 Å². The van der Waals surface area contributed by atoms with Gasteiger partial charge in [-0.3, -0.25) is 9.78 Å². The van der Waals surface area contributed by atoms with Gasteiger partial charge in [-0.2, -0.15) is 0 Å². The molecule has 0 saturated heterocycles. The van der Waals surface area contributed by atoms with Crippen molar-refractivity contribution in [2.75, 3.05) is 0 Å². The van der Waals surface area contributed by atoms with Crippen LogP contribution in [-0.4, -0.2) is 10.9 Å². The molecule has 106 valence electrons. The summed E-state index contributed by atoms with van der Waals surface area (Å²) < 4.78 is 5.21. The van der Waals surface area contributed by atoms with Gasteiger partial charge in [-0.1, -0.05) is 11.6 Å². The number of hydrogen-bond donors (Lipinski definition) is 1. The number of fused-ring (bicyclic) bond motifs is 1. The van der Waals surface area contributed by atoms with E-state index in [1.165, 1.54) is 0 Å². The van der Waals surface area contributed by atoms with Crippen LogP contribution in [0.15, 0.2) is 47.1 Å². The number of hydrogen-bond acceptors (Lipinski definition) is 3. The minimum Gasteiger partial charge on any atom is -0.467 e. The van der Waals surface area contributed by atoms with Crippen LogP contribution in [0.2, 0.25) is 0 Å². The van der Waals surface area contributed by atoms with Gasteiger partial charge in [0.15, 0.2) is 0 Å². The van der Waals surface area contributed by atoms with Crippen molar-refractivity contribution in [2.45, 2.75) is 20.4 Å². The summed E-state index contributed by atoms with van der Waals surface area (Å²) in [6.07, 6.45) is 1.59. The quantitative estimate of drug-likeness (QED) is 0.800. The van der Waals surface area contributed by atoms with E-state index in [1.807, 2.05) is 44.2 Å². The number of amides is 1. The average Bonchev–Trinajstić information content (AvgIpc) is 2.98. The lowest BCUT2D eigenvalue weighted by atomic mass is 10.1. The van der Waals surface area contributed by atoms with E-state index in [4.69, 9.17) is 4.42 Å². The van der Waals surface area contributed by atoms with Gasteiger partial charge in [-0.25, -0.2) is 0 Å². The van der Waals surface area contributed by atoms with Crippen molar-refractivity contribution in [3.8, 4) is 0 Å². The predicted molar refractivity (Wildman–Crippen MR) is 81.1 cm³/mol. The molecule has 0 aliphatic carbocycles. The normalized spacial score (nSPS) is 10.8. The molecule has 0 atom stereocenters. The van der Waals surface area contributed by atoms with Crippen LogP contribution in [0.5, 0.6) is 0 Å². The zero-order chi connectivity index (χ0) is 14.8. The highest BCUT2D eigenvalue weighted by Gasteiger charge is 2.12. The molecule has 0 radical (unpaired) electrons. The first kappa shape index (κ1) is 13.4. The van der Waals surface area contributed by atoms with Gasteiger partial charge in [0, 0.05) is 5.39 Å². The predicted octanol–water partition coefficient (Wildman–Crippen LogP) is 3.37. The molecule has 1 aromatic carbocycles. The number of rotatable bonds is 3. The Hall–Kier alpha value is -2.62. The highest BCUT2D eigenvalue weighted by molar-refractivity contribution is 5.98. The van der Waals surface area contributed by atoms with Gasteiger partial charge in [0.1, 0.15) is 5.76 Å². The lowest BCUT2D eigenvalue weighted by Crippen LogP contribution is -2.23. The van der Waals surface area contributed by atoms with E-state index in [1.54, 1.807) is 12.3 Å². The fourth-order valence-corrected chi connectivity index (χ4v) is 2.30. The third-order valence-electron chi connectivity index (χ3n) is 3.41. The maximum Gasteiger partial charge on any atom is 0.253 e. The van der Waals surface area contributed by atoms with Gasteiger partial charge in [0.2, 0.25) is 0 Å². The Kier molecular flexibility index (Phi) is 3.44. The number of furan rings is 1. The Morgan fingerprint density at radius 2 is 2.10 bits per heavy atom. The fraction of sp³-hybridized carbons (Fsp3) is 0.176. The molecule has 3 rings (SSSR count). The SMILES string of the molecule is Cc1ccc2nc(C)c(C(=O)NCc3ccco3)cc2c1. The molecule has 2 aromatic heterocycles. The molecular weight excluding hydrogens is 264 g/mol. The summed E-state index contributed by atoms with van der Waals surface area (Å²) in [6, 6.07) is 11.5. The monoisotopic (exact) mass is 280 g/mol. The van der Waals surface area contributed by atoms with Gasteiger partial charge in [-0.05, 0) is 44.2 Å². The molecule has 0 bridgehead atoms. The van der Waals surface area contributed by atoms with Crippen molar-refractivity contribution in [2.24, 2.45) is 0 Å². The van der Waals surface area contributed by atoms with Crippen molar-refractivity contribution in [1.29, 1.82) is 0 Å². The van der Waals surface area contributed by atoms with Crippen LogP contribution >= 0.6 is 0 Å². The van der Waals surface area contributed by atoms with E-state index in [0.717, 1.165) is 27.9 Å². The van der Waals surface area contributed by atoms with Crippen molar-refractivity contribution < 1.29 is 9.21 Å². The lowest BCUT2D eigenvalue weighted by molar-refractivity contribution is 0.0947. The van der Waals surface area contributed by atoms with E-state index < -0.39 is 0 Å². The van der Waals surface area contributed by atoms with Crippen LogP contribution in [0.4, 0.5) is 0 Å². The minimum atomic E-state index is -0.139. The summed E-state index contributed by atoms with van der Waals surface area (Å²) in [4.78, 5) is 16.8. The van der Waals surface area contributed by atoms with Gasteiger partial charge in [0.05, 0.1) is 29.6 Å². The Bertz CT molecular complexity index is 792. The van der Waals surface area contributed by atoms with Crippen LogP contribution in [0.25, 0.3) is 10.9 Å². The van der Waals surface area contributed by atoms with Crippen LogP contribution < -0.4 is 5.32 Å². The number of carbonyl (C=O) groups excluding carboxylic acids is 1. The molecule has 3 aromatic rings. The van der Waals surface area contributed by atoms with Crippen LogP contribution in [0, 0.1) is 13.8 Å². The summed E-state index contributed by atoms with van der Waals surface area (Å²) in [5.41, 5.74) is 3.37. The molecule has 1 N–H and O–H groups in total. The second-order valence-electron chi connectivity index (χ2n) is 5.08. The van der Waals surface area contributed by atoms with Crippen LogP contribution in [-0.2, 0) is 6.54 Å². The molecule has 21 heavy (non-hydrogen) atoms. The fourth-order valence-electron chi connectivity index (χ4n) is 2.30. The van der Waals surface area contributed by atoms with E-state index in [-0.39, 0.29) is 5.91 Å². The Balaban J connectivity index is 1.88. The molecule has 2 heterocycles. The first-order valence-corrected chi connectivity index (χ1v) is 6.82. The van der Waals surface area contributed by atoms with E-state index in [0.29, 0.717) is 12.1 Å². The molecule has 0 aliphatic heterocycles. The first-order valence-electron chi connectivity index (χ1n) is 6.82. The molecule has 0 saturated carbocycles. The van der Waals surface area contributed by atoms with Gasteiger partial charge in [-0.15, -0.1) is 0 Å². The van der Waals surface area contributed by atoms with Crippen molar-refractivity contribution in [3.63, 3.8) is 0 Å². The first-order chi connectivity index (χ1) is 10.1. The Morgan fingerprint density at radius 1 is 1.24 bits per heavy atom.